The molecule has 2 fully saturated rings. The zero-order valence-corrected chi connectivity index (χ0v) is 22.1. The second kappa shape index (κ2) is 9.72. The molecule has 1 aliphatic carbocycles. The molecule has 0 spiro atoms. The number of nitrogens with zero attached hydrogens (tertiary/aromatic N) is 6. The van der Waals surface area contributed by atoms with Gasteiger partial charge < -0.3 is 14.5 Å². The molecule has 1 saturated heterocycles. The minimum atomic E-state index is -0.354. The third kappa shape index (κ3) is 4.50. The van der Waals surface area contributed by atoms with Crippen LogP contribution in [0.3, 0.4) is 0 Å². The van der Waals surface area contributed by atoms with Gasteiger partial charge in [-0.05, 0) is 55.7 Å². The summed E-state index contributed by atoms with van der Waals surface area (Å²) in [6, 6.07) is 6.09. The summed E-state index contributed by atoms with van der Waals surface area (Å²) in [6.07, 6.45) is 7.49. The van der Waals surface area contributed by atoms with Crippen LogP contribution in [0.4, 0.5) is 0 Å². The monoisotopic (exact) mass is 507 g/mol. The van der Waals surface area contributed by atoms with Crippen LogP contribution in [-0.4, -0.2) is 74.0 Å². The Morgan fingerprint density at radius 1 is 1.05 bits per heavy atom. The van der Waals surface area contributed by atoms with Crippen LogP contribution < -0.4 is 15.0 Å². The van der Waals surface area contributed by atoms with E-state index < -0.39 is 0 Å². The molecule has 1 N–H and O–H groups in total. The number of nitrogens with one attached hydrogen (secondary N) is 1. The number of tetrazole rings is 1. The molecular weight excluding hydrogens is 470 g/mol. The number of pyridine rings is 1. The van der Waals surface area contributed by atoms with E-state index in [1.54, 1.807) is 0 Å². The molecule has 1 atom stereocenters. The molecule has 3 aromatic rings. The normalized spacial score (nSPS) is 20.5. The predicted octanol–water partition coefficient (Wildman–Crippen LogP) is 3.43. The number of piperazine rings is 1. The molecule has 198 valence electrons. The van der Waals surface area contributed by atoms with Crippen LogP contribution in [0, 0.1) is 0 Å². The number of aromatic amines is 1. The third-order valence-electron chi connectivity index (χ3n) is 8.64. The van der Waals surface area contributed by atoms with Gasteiger partial charge in [-0.3, -0.25) is 14.6 Å². The van der Waals surface area contributed by atoms with Gasteiger partial charge in [-0.1, -0.05) is 26.2 Å². The molecular formula is C27H37N7O3. The molecule has 1 aromatic carbocycles. The number of H-pyrrole nitrogens is 1. The molecule has 4 heterocycles. The van der Waals surface area contributed by atoms with Crippen molar-refractivity contribution in [2.24, 2.45) is 0 Å². The van der Waals surface area contributed by atoms with E-state index in [0.717, 1.165) is 43.5 Å². The predicted molar refractivity (Wildman–Crippen MR) is 140 cm³/mol. The highest BCUT2D eigenvalue weighted by atomic mass is 16.7. The molecule has 1 unspecified atom stereocenters. The Bertz CT molecular complexity index is 1320. The lowest BCUT2D eigenvalue weighted by atomic mass is 9.93. The summed E-state index contributed by atoms with van der Waals surface area (Å²) in [5.41, 5.74) is 0.971. The summed E-state index contributed by atoms with van der Waals surface area (Å²) in [5, 5.41) is 13.9. The van der Waals surface area contributed by atoms with E-state index in [1.807, 2.05) is 22.9 Å². The molecule has 0 bridgehead atoms. The van der Waals surface area contributed by atoms with Crippen LogP contribution in [0.5, 0.6) is 11.5 Å². The first-order chi connectivity index (χ1) is 17.9. The van der Waals surface area contributed by atoms with Crippen molar-refractivity contribution < 1.29 is 9.47 Å². The van der Waals surface area contributed by atoms with Gasteiger partial charge in [-0.15, -0.1) is 5.10 Å². The fraction of sp³-hybridized carbons (Fsp3) is 0.630. The fourth-order valence-corrected chi connectivity index (χ4v) is 6.07. The van der Waals surface area contributed by atoms with Gasteiger partial charge in [0.1, 0.15) is 6.04 Å². The average molecular weight is 508 g/mol. The maximum Gasteiger partial charge on any atom is 0.253 e. The third-order valence-corrected chi connectivity index (χ3v) is 8.64. The summed E-state index contributed by atoms with van der Waals surface area (Å²) >= 11 is 0. The summed E-state index contributed by atoms with van der Waals surface area (Å²) in [6.45, 7) is 10.3. The average Bonchev–Trinajstić information content (AvgIpc) is 3.59. The Labute approximate surface area is 216 Å². The first kappa shape index (κ1) is 24.4. The molecule has 10 heteroatoms. The fourth-order valence-electron chi connectivity index (χ4n) is 6.07. The summed E-state index contributed by atoms with van der Waals surface area (Å²) in [5.74, 6) is 2.06. The second-order valence-corrected chi connectivity index (χ2v) is 11.2. The molecule has 0 amide bonds. The smallest absolute Gasteiger partial charge is 0.253 e. The first-order valence-electron chi connectivity index (χ1n) is 13.7. The van der Waals surface area contributed by atoms with E-state index in [9.17, 15) is 4.79 Å². The van der Waals surface area contributed by atoms with Crippen molar-refractivity contribution >= 4 is 10.9 Å². The van der Waals surface area contributed by atoms with Gasteiger partial charge >= 0.3 is 0 Å². The van der Waals surface area contributed by atoms with Crippen LogP contribution in [0.1, 0.15) is 76.7 Å². The van der Waals surface area contributed by atoms with Crippen molar-refractivity contribution in [1.82, 2.24) is 35.0 Å². The number of rotatable bonds is 6. The van der Waals surface area contributed by atoms with Crippen molar-refractivity contribution in [2.45, 2.75) is 76.9 Å². The van der Waals surface area contributed by atoms with Gasteiger partial charge in [-0.25, -0.2) is 4.68 Å². The molecule has 1 saturated carbocycles. The van der Waals surface area contributed by atoms with Crippen molar-refractivity contribution in [1.29, 1.82) is 0 Å². The van der Waals surface area contributed by atoms with E-state index in [2.05, 4.69) is 51.1 Å². The lowest BCUT2D eigenvalue weighted by molar-refractivity contribution is 0.0603. The largest absolute Gasteiger partial charge is 0.454 e. The van der Waals surface area contributed by atoms with Crippen molar-refractivity contribution in [2.75, 3.05) is 33.0 Å². The van der Waals surface area contributed by atoms with E-state index in [4.69, 9.17) is 9.47 Å². The van der Waals surface area contributed by atoms with Crippen LogP contribution in [0.2, 0.25) is 0 Å². The van der Waals surface area contributed by atoms with Crippen LogP contribution in [0.25, 0.3) is 10.9 Å². The number of fused-ring (bicyclic) bond motifs is 2. The van der Waals surface area contributed by atoms with E-state index >= 15 is 0 Å². The number of benzene rings is 1. The quantitative estimate of drug-likeness (QED) is 0.542. The van der Waals surface area contributed by atoms with Gasteiger partial charge in [0.25, 0.3) is 5.56 Å². The van der Waals surface area contributed by atoms with Crippen LogP contribution in [0.15, 0.2) is 23.0 Å². The van der Waals surface area contributed by atoms with Crippen molar-refractivity contribution in [3.63, 3.8) is 0 Å². The van der Waals surface area contributed by atoms with Gasteiger partial charge in [0.05, 0.1) is 11.1 Å². The topological polar surface area (TPSA) is 101 Å². The molecule has 2 aromatic heterocycles. The summed E-state index contributed by atoms with van der Waals surface area (Å²) in [4.78, 5) is 21.7. The van der Waals surface area contributed by atoms with Crippen molar-refractivity contribution in [3.8, 4) is 11.5 Å². The molecule has 37 heavy (non-hydrogen) atoms. The van der Waals surface area contributed by atoms with E-state index in [0.29, 0.717) is 28.9 Å². The lowest BCUT2D eigenvalue weighted by Crippen LogP contribution is -2.52. The second-order valence-electron chi connectivity index (χ2n) is 11.2. The molecule has 2 aliphatic heterocycles. The molecule has 6 rings (SSSR count). The van der Waals surface area contributed by atoms with Gasteiger partial charge in [-0.2, -0.15) is 0 Å². The maximum absolute atomic E-state index is 13.6. The summed E-state index contributed by atoms with van der Waals surface area (Å²) < 4.78 is 13.0. The molecule has 10 nitrogen and oxygen atoms in total. The highest BCUT2D eigenvalue weighted by Gasteiger charge is 2.36. The Balaban J connectivity index is 1.39. The Kier molecular flexibility index (Phi) is 6.40. The van der Waals surface area contributed by atoms with Gasteiger partial charge in [0.15, 0.2) is 17.3 Å². The number of aromatic nitrogens is 5. The Morgan fingerprint density at radius 3 is 2.51 bits per heavy atom. The molecule has 3 aliphatic rings. The standard InChI is InChI=1S/C27H37N7O3/c1-4-27(2,3)34-25(29-30-31-34)24(33-12-10-32(11-13-33)19-8-6-5-7-9-19)20-14-18-15-22-23(37-17-36-22)16-21(18)28-26(20)35/h14-16,19,24H,4-13,17H2,1-3H3,(H,28,35). The van der Waals surface area contributed by atoms with Crippen LogP contribution in [-0.2, 0) is 5.54 Å². The zero-order chi connectivity index (χ0) is 25.6. The van der Waals surface area contributed by atoms with Gasteiger partial charge in [0.2, 0.25) is 6.79 Å². The first-order valence-corrected chi connectivity index (χ1v) is 13.7. The minimum Gasteiger partial charge on any atom is -0.454 e. The number of hydrogen-bond donors (Lipinski definition) is 1. The maximum atomic E-state index is 13.6. The highest BCUT2D eigenvalue weighted by Crippen LogP contribution is 2.37. The minimum absolute atomic E-state index is 0.130. The Morgan fingerprint density at radius 2 is 1.78 bits per heavy atom. The highest BCUT2D eigenvalue weighted by molar-refractivity contribution is 5.83. The van der Waals surface area contributed by atoms with E-state index in [1.165, 1.54) is 32.1 Å². The van der Waals surface area contributed by atoms with Crippen LogP contribution >= 0.6 is 0 Å². The van der Waals surface area contributed by atoms with Crippen molar-refractivity contribution in [3.05, 3.63) is 39.9 Å². The number of ether oxygens (including phenoxy) is 2. The zero-order valence-electron chi connectivity index (χ0n) is 22.1. The molecule has 0 radical (unpaired) electrons. The lowest BCUT2D eigenvalue weighted by Gasteiger charge is -2.43. The summed E-state index contributed by atoms with van der Waals surface area (Å²) in [7, 11) is 0. The van der Waals surface area contributed by atoms with E-state index in [-0.39, 0.29) is 23.9 Å². The SMILES string of the molecule is CCC(C)(C)n1nnnc1C(c1cc2cc3c(cc2[nH]c1=O)OCO3)N1CCN(C2CCCCC2)CC1. The number of hydrogen-bond acceptors (Lipinski definition) is 8. The van der Waals surface area contributed by atoms with Gasteiger partial charge in [0, 0.05) is 49.2 Å². The Hall–Kier alpha value is -2.98.